The number of carbonyl (C=O) groups is 1. The lowest BCUT2D eigenvalue weighted by molar-refractivity contribution is -0.129. The zero-order chi connectivity index (χ0) is 18.9. The number of aromatic nitrogens is 1. The molecule has 26 heavy (non-hydrogen) atoms. The third kappa shape index (κ3) is 4.37. The normalized spacial score (nSPS) is 19.3. The molecule has 1 fully saturated rings. The first kappa shape index (κ1) is 19.1. The van der Waals surface area contributed by atoms with Gasteiger partial charge in [-0.3, -0.25) is 4.79 Å². The van der Waals surface area contributed by atoms with E-state index in [1.165, 1.54) is 11.0 Å². The second-order valence-electron chi connectivity index (χ2n) is 7.00. The summed E-state index contributed by atoms with van der Waals surface area (Å²) in [4.78, 5) is 19.2. The lowest BCUT2D eigenvalue weighted by Crippen LogP contribution is -2.36. The topological polar surface area (TPSA) is 33.2 Å². The lowest BCUT2D eigenvalue weighted by Gasteiger charge is -2.30. The van der Waals surface area contributed by atoms with Gasteiger partial charge in [-0.15, -0.1) is 11.3 Å². The first-order valence-corrected chi connectivity index (χ1v) is 9.74. The molecule has 3 rings (SSSR count). The van der Waals surface area contributed by atoms with E-state index in [9.17, 15) is 18.0 Å². The summed E-state index contributed by atoms with van der Waals surface area (Å²) in [5.41, 5.74) is 1.23. The molecule has 1 aromatic heterocycles. The number of alkyl halides is 3. The highest BCUT2D eigenvalue weighted by molar-refractivity contribution is 7.11. The highest BCUT2D eigenvalue weighted by atomic mass is 32.1. The Morgan fingerprint density at radius 2 is 2.04 bits per heavy atom. The monoisotopic (exact) mass is 384 g/mol. The third-order valence-corrected chi connectivity index (χ3v) is 6.41. The van der Waals surface area contributed by atoms with E-state index in [2.05, 4.69) is 4.98 Å². The van der Waals surface area contributed by atoms with Crippen molar-refractivity contribution in [1.82, 2.24) is 9.88 Å². The molecular weight excluding hydrogens is 361 g/mol. The van der Waals surface area contributed by atoms with Crippen LogP contribution in [0.1, 0.15) is 54.1 Å². The van der Waals surface area contributed by atoms with Crippen LogP contribution in [0.5, 0.6) is 0 Å². The summed E-state index contributed by atoms with van der Waals surface area (Å²) in [6.07, 6.45) is 1.71. The van der Waals surface area contributed by atoms with Crippen LogP contribution in [0, 0.1) is 6.92 Å². The number of likely N-dealkylation sites (tertiary alicyclic amines) is 1. The maximum absolute atomic E-state index is 12.9. The zero-order valence-electron chi connectivity index (χ0n) is 15.0. The quantitative estimate of drug-likeness (QED) is 0.740. The summed E-state index contributed by atoms with van der Waals surface area (Å²) in [7, 11) is 0. The van der Waals surface area contributed by atoms with E-state index in [1.54, 1.807) is 18.3 Å². The molecule has 2 aliphatic rings. The predicted octanol–water partition coefficient (Wildman–Crippen LogP) is 4.93. The first-order chi connectivity index (χ1) is 12.2. The van der Waals surface area contributed by atoms with Gasteiger partial charge < -0.3 is 4.90 Å². The van der Waals surface area contributed by atoms with Crippen molar-refractivity contribution in [2.45, 2.75) is 58.0 Å². The van der Waals surface area contributed by atoms with Gasteiger partial charge in [0, 0.05) is 36.9 Å². The molecule has 0 spiro atoms. The van der Waals surface area contributed by atoms with Gasteiger partial charge in [0.2, 0.25) is 5.91 Å². The molecule has 0 saturated carbocycles. The number of nitrogens with zero attached hydrogens (tertiary/aromatic N) is 2. The van der Waals surface area contributed by atoms with E-state index >= 15 is 0 Å². The van der Waals surface area contributed by atoms with Gasteiger partial charge in [-0.05, 0) is 44.1 Å². The van der Waals surface area contributed by atoms with Crippen LogP contribution in [-0.2, 0) is 11.2 Å². The molecule has 0 N–H and O–H groups in total. The maximum Gasteiger partial charge on any atom is 0.412 e. The second kappa shape index (κ2) is 7.55. The largest absolute Gasteiger partial charge is 0.412 e. The molecule has 1 amide bonds. The Morgan fingerprint density at radius 3 is 2.65 bits per heavy atom. The minimum atomic E-state index is -4.24. The molecular formula is C19H23F3N2OS. The first-order valence-electron chi connectivity index (χ1n) is 8.92. The molecule has 1 aromatic rings. The van der Waals surface area contributed by atoms with E-state index in [1.807, 2.05) is 17.9 Å². The van der Waals surface area contributed by atoms with Crippen molar-refractivity contribution in [1.29, 1.82) is 0 Å². The molecule has 0 radical (unpaired) electrons. The van der Waals surface area contributed by atoms with Crippen LogP contribution in [-0.4, -0.2) is 35.1 Å². The van der Waals surface area contributed by atoms with Gasteiger partial charge in [-0.1, -0.05) is 12.2 Å². The standard InChI is InChI=1S/C19H23F3N2OS/c1-12-18(15-6-8-24(9-7-15)13(2)25)26-17(23-12)11-14-4-3-5-16(10-14)19(20,21)22/h4,10,15H,3,5-9,11H2,1-2H3. The van der Waals surface area contributed by atoms with Gasteiger partial charge >= 0.3 is 6.18 Å². The Balaban J connectivity index is 1.68. The van der Waals surface area contributed by atoms with Crippen LogP contribution in [0.3, 0.4) is 0 Å². The smallest absolute Gasteiger partial charge is 0.343 e. The summed E-state index contributed by atoms with van der Waals surface area (Å²) < 4.78 is 38.7. The van der Waals surface area contributed by atoms with Gasteiger partial charge in [0.05, 0.1) is 10.7 Å². The Kier molecular flexibility index (Phi) is 5.55. The van der Waals surface area contributed by atoms with Crippen molar-refractivity contribution >= 4 is 17.2 Å². The highest BCUT2D eigenvalue weighted by Crippen LogP contribution is 2.37. The van der Waals surface area contributed by atoms with Crippen molar-refractivity contribution in [3.8, 4) is 0 Å². The molecule has 0 unspecified atom stereocenters. The molecule has 1 aliphatic heterocycles. The summed E-state index contributed by atoms with van der Waals surface area (Å²) >= 11 is 1.61. The minimum Gasteiger partial charge on any atom is -0.343 e. The van der Waals surface area contributed by atoms with Gasteiger partial charge in [0.25, 0.3) is 0 Å². The van der Waals surface area contributed by atoms with Crippen molar-refractivity contribution in [2.24, 2.45) is 0 Å². The number of hydrogen-bond acceptors (Lipinski definition) is 3. The van der Waals surface area contributed by atoms with Crippen molar-refractivity contribution in [2.75, 3.05) is 13.1 Å². The molecule has 0 atom stereocenters. The van der Waals surface area contributed by atoms with Crippen LogP contribution in [0.25, 0.3) is 0 Å². The van der Waals surface area contributed by atoms with Crippen molar-refractivity contribution in [3.05, 3.63) is 38.9 Å². The Hall–Kier alpha value is -1.63. The number of thiazole rings is 1. The number of carbonyl (C=O) groups excluding carboxylic acids is 1. The SMILES string of the molecule is CC(=O)N1CCC(c2sc(CC3=CCCC(C(F)(F)F)=C3)nc2C)CC1. The van der Waals surface area contributed by atoms with E-state index in [0.29, 0.717) is 24.3 Å². The Morgan fingerprint density at radius 1 is 1.35 bits per heavy atom. The third-order valence-electron chi connectivity index (χ3n) is 5.09. The van der Waals surface area contributed by atoms with E-state index < -0.39 is 11.7 Å². The van der Waals surface area contributed by atoms with E-state index in [4.69, 9.17) is 0 Å². The van der Waals surface area contributed by atoms with Crippen LogP contribution in [0.2, 0.25) is 0 Å². The van der Waals surface area contributed by atoms with Gasteiger partial charge in [0.15, 0.2) is 0 Å². The summed E-state index contributed by atoms with van der Waals surface area (Å²) in [5, 5.41) is 0.873. The van der Waals surface area contributed by atoms with E-state index in [0.717, 1.165) is 36.6 Å². The fraction of sp³-hybridized carbons (Fsp3) is 0.579. The molecule has 7 heteroatoms. The van der Waals surface area contributed by atoms with Crippen molar-refractivity contribution < 1.29 is 18.0 Å². The molecule has 3 nitrogen and oxygen atoms in total. The summed E-state index contributed by atoms with van der Waals surface area (Å²) in [6, 6.07) is 0. The van der Waals surface area contributed by atoms with Crippen LogP contribution in [0.4, 0.5) is 13.2 Å². The van der Waals surface area contributed by atoms with Crippen LogP contribution < -0.4 is 0 Å². The minimum absolute atomic E-state index is 0.0594. The number of aryl methyl sites for hydroxylation is 1. The second-order valence-corrected chi connectivity index (χ2v) is 8.11. The summed E-state index contributed by atoms with van der Waals surface area (Å²) in [5.74, 6) is 0.500. The molecule has 0 aromatic carbocycles. The van der Waals surface area contributed by atoms with Gasteiger partial charge in [0.1, 0.15) is 0 Å². The average molecular weight is 384 g/mol. The predicted molar refractivity (Wildman–Crippen MR) is 96.2 cm³/mol. The number of hydrogen-bond donors (Lipinski definition) is 0. The van der Waals surface area contributed by atoms with Gasteiger partial charge in [-0.2, -0.15) is 13.2 Å². The van der Waals surface area contributed by atoms with Crippen LogP contribution >= 0.6 is 11.3 Å². The average Bonchev–Trinajstić information content (AvgIpc) is 2.94. The number of piperidine rings is 1. The number of rotatable bonds is 3. The fourth-order valence-electron chi connectivity index (χ4n) is 3.67. The zero-order valence-corrected chi connectivity index (χ0v) is 15.8. The van der Waals surface area contributed by atoms with E-state index in [-0.39, 0.29) is 12.3 Å². The molecule has 1 aliphatic carbocycles. The molecule has 1 saturated heterocycles. The number of allylic oxidation sites excluding steroid dienone is 4. The Bertz CT molecular complexity index is 740. The molecule has 142 valence electrons. The number of halogens is 3. The maximum atomic E-state index is 12.9. The Labute approximate surface area is 155 Å². The van der Waals surface area contributed by atoms with Gasteiger partial charge in [-0.25, -0.2) is 4.98 Å². The van der Waals surface area contributed by atoms with Crippen molar-refractivity contribution in [3.63, 3.8) is 0 Å². The lowest BCUT2D eigenvalue weighted by atomic mass is 9.94. The fourth-order valence-corrected chi connectivity index (χ4v) is 4.94. The number of amides is 1. The highest BCUT2D eigenvalue weighted by Gasteiger charge is 2.34. The van der Waals surface area contributed by atoms with Crippen LogP contribution in [0.15, 0.2) is 23.3 Å². The summed E-state index contributed by atoms with van der Waals surface area (Å²) in [6.45, 7) is 5.08. The molecule has 0 bridgehead atoms. The molecule has 2 heterocycles.